The van der Waals surface area contributed by atoms with Gasteiger partial charge in [0.15, 0.2) is 6.61 Å². The number of aromatic nitrogens is 2. The van der Waals surface area contributed by atoms with Crippen molar-refractivity contribution in [1.82, 2.24) is 9.55 Å². The van der Waals surface area contributed by atoms with Gasteiger partial charge in [-0.3, -0.25) is 19.0 Å². The highest BCUT2D eigenvalue weighted by Crippen LogP contribution is 2.33. The molecule has 4 rings (SSSR count). The molecule has 1 aliphatic carbocycles. The Hall–Kier alpha value is -3.00. The van der Waals surface area contributed by atoms with Crippen LogP contribution in [0.25, 0.3) is 10.2 Å². The number of nitrogens with one attached hydrogen (secondary N) is 1. The first-order valence-corrected chi connectivity index (χ1v) is 10.9. The molecule has 8 heteroatoms. The Bertz CT molecular complexity index is 1160. The van der Waals surface area contributed by atoms with E-state index >= 15 is 0 Å². The van der Waals surface area contributed by atoms with Gasteiger partial charge in [-0.2, -0.15) is 0 Å². The number of hydrogen-bond donors (Lipinski definition) is 1. The molecule has 1 aliphatic rings. The quantitative estimate of drug-likeness (QED) is 0.613. The topological polar surface area (TPSA) is 90.3 Å². The first-order valence-electron chi connectivity index (χ1n) is 10.0. The maximum atomic E-state index is 12.9. The number of rotatable bonds is 6. The minimum atomic E-state index is -0.533. The minimum Gasteiger partial charge on any atom is -0.456 e. The summed E-state index contributed by atoms with van der Waals surface area (Å²) < 4.78 is 6.51. The largest absolute Gasteiger partial charge is 0.456 e. The Morgan fingerprint density at radius 3 is 2.87 bits per heavy atom. The SMILES string of the molecule is Cc1ccccc1NC(=O)COC(=O)CCn1cnc2sc3c(c2c1=O)CCCC3. The van der Waals surface area contributed by atoms with Gasteiger partial charge in [-0.15, -0.1) is 11.3 Å². The van der Waals surface area contributed by atoms with Crippen molar-refractivity contribution < 1.29 is 14.3 Å². The van der Waals surface area contributed by atoms with Crippen LogP contribution in [0.2, 0.25) is 0 Å². The van der Waals surface area contributed by atoms with Crippen molar-refractivity contribution in [3.8, 4) is 0 Å². The van der Waals surface area contributed by atoms with E-state index in [1.54, 1.807) is 17.4 Å². The van der Waals surface area contributed by atoms with Gasteiger partial charge in [0.2, 0.25) is 0 Å². The molecule has 2 aromatic heterocycles. The molecular weight excluding hydrogens is 402 g/mol. The maximum Gasteiger partial charge on any atom is 0.308 e. The van der Waals surface area contributed by atoms with Crippen molar-refractivity contribution in [1.29, 1.82) is 0 Å². The Labute approximate surface area is 177 Å². The van der Waals surface area contributed by atoms with Gasteiger partial charge >= 0.3 is 5.97 Å². The number of aryl methyl sites for hydroxylation is 4. The van der Waals surface area contributed by atoms with Crippen LogP contribution in [-0.2, 0) is 33.7 Å². The van der Waals surface area contributed by atoms with Gasteiger partial charge < -0.3 is 10.1 Å². The van der Waals surface area contributed by atoms with Crippen LogP contribution in [0.15, 0.2) is 35.4 Å². The summed E-state index contributed by atoms with van der Waals surface area (Å²) in [5, 5.41) is 3.41. The number of ether oxygens (including phenoxy) is 1. The van der Waals surface area contributed by atoms with Crippen molar-refractivity contribution in [3.63, 3.8) is 0 Å². The molecule has 1 aromatic carbocycles. The fourth-order valence-corrected chi connectivity index (χ4v) is 4.89. The summed E-state index contributed by atoms with van der Waals surface area (Å²) in [7, 11) is 0. The third-order valence-corrected chi connectivity index (χ3v) is 6.48. The van der Waals surface area contributed by atoms with Gasteiger partial charge in [0.25, 0.3) is 11.5 Å². The van der Waals surface area contributed by atoms with Gasteiger partial charge in [-0.25, -0.2) is 4.98 Å². The van der Waals surface area contributed by atoms with Gasteiger partial charge in [-0.1, -0.05) is 18.2 Å². The predicted molar refractivity (Wildman–Crippen MR) is 116 cm³/mol. The number of benzene rings is 1. The Kier molecular flexibility index (Phi) is 5.94. The van der Waals surface area contributed by atoms with E-state index in [-0.39, 0.29) is 25.1 Å². The molecule has 0 atom stereocenters. The molecule has 0 spiro atoms. The van der Waals surface area contributed by atoms with E-state index in [1.165, 1.54) is 15.8 Å². The highest BCUT2D eigenvalue weighted by atomic mass is 32.1. The monoisotopic (exact) mass is 425 g/mol. The molecular formula is C22H23N3O4S. The van der Waals surface area contributed by atoms with Crippen LogP contribution in [0.4, 0.5) is 5.69 Å². The Morgan fingerprint density at radius 1 is 1.23 bits per heavy atom. The van der Waals surface area contributed by atoms with Crippen LogP contribution in [0.1, 0.15) is 35.3 Å². The molecule has 3 aromatic rings. The highest BCUT2D eigenvalue weighted by molar-refractivity contribution is 7.18. The van der Waals surface area contributed by atoms with Crippen LogP contribution in [0, 0.1) is 6.92 Å². The molecule has 0 saturated heterocycles. The van der Waals surface area contributed by atoms with Gasteiger partial charge in [0, 0.05) is 17.1 Å². The third-order valence-electron chi connectivity index (χ3n) is 5.28. The zero-order chi connectivity index (χ0) is 21.1. The lowest BCUT2D eigenvalue weighted by atomic mass is 9.97. The van der Waals surface area contributed by atoms with Crippen molar-refractivity contribution in [2.75, 3.05) is 11.9 Å². The van der Waals surface area contributed by atoms with E-state index in [1.807, 2.05) is 25.1 Å². The summed E-state index contributed by atoms with van der Waals surface area (Å²) in [4.78, 5) is 43.4. The zero-order valence-electron chi connectivity index (χ0n) is 16.8. The molecule has 7 nitrogen and oxygen atoms in total. The number of para-hydroxylation sites is 1. The Balaban J connectivity index is 1.34. The van der Waals surface area contributed by atoms with Crippen LogP contribution >= 0.6 is 11.3 Å². The number of thiophene rings is 1. The summed E-state index contributed by atoms with van der Waals surface area (Å²) in [6.07, 6.45) is 5.64. The van der Waals surface area contributed by atoms with Gasteiger partial charge in [-0.05, 0) is 49.8 Å². The van der Waals surface area contributed by atoms with Crippen LogP contribution in [0.5, 0.6) is 0 Å². The molecule has 0 bridgehead atoms. The average Bonchev–Trinajstić information content (AvgIpc) is 3.13. The van der Waals surface area contributed by atoms with E-state index in [4.69, 9.17) is 4.74 Å². The van der Waals surface area contributed by atoms with Crippen molar-refractivity contribution >= 4 is 39.1 Å². The second kappa shape index (κ2) is 8.79. The highest BCUT2D eigenvalue weighted by Gasteiger charge is 2.20. The lowest BCUT2D eigenvalue weighted by Crippen LogP contribution is -2.25. The second-order valence-electron chi connectivity index (χ2n) is 7.41. The normalized spacial score (nSPS) is 13.1. The first kappa shape index (κ1) is 20.3. The molecule has 0 unspecified atom stereocenters. The van der Waals surface area contributed by atoms with E-state index in [9.17, 15) is 14.4 Å². The van der Waals surface area contributed by atoms with Crippen LogP contribution < -0.4 is 10.9 Å². The van der Waals surface area contributed by atoms with Crippen LogP contribution in [-0.4, -0.2) is 28.0 Å². The predicted octanol–water partition coefficient (Wildman–Crippen LogP) is 3.22. The minimum absolute atomic E-state index is 0.00291. The molecule has 156 valence electrons. The molecule has 1 amide bonds. The average molecular weight is 426 g/mol. The Morgan fingerprint density at radius 2 is 2.03 bits per heavy atom. The summed E-state index contributed by atoms with van der Waals surface area (Å²) in [6, 6.07) is 7.37. The van der Waals surface area contributed by atoms with Crippen LogP contribution in [0.3, 0.4) is 0 Å². The first-order chi connectivity index (χ1) is 14.5. The van der Waals surface area contributed by atoms with E-state index in [0.717, 1.165) is 41.6 Å². The number of anilines is 1. The zero-order valence-corrected chi connectivity index (χ0v) is 17.6. The number of esters is 1. The number of hydrogen-bond acceptors (Lipinski definition) is 6. The van der Waals surface area contributed by atoms with Gasteiger partial charge in [0.05, 0.1) is 18.1 Å². The summed E-state index contributed by atoms with van der Waals surface area (Å²) in [6.45, 7) is 1.69. The molecule has 0 saturated carbocycles. The standard InChI is InChI=1S/C22H23N3O4S/c1-14-6-2-4-8-16(14)24-18(26)12-29-19(27)10-11-25-13-23-21-20(22(25)28)15-7-3-5-9-17(15)30-21/h2,4,6,8,13H,3,5,7,9-12H2,1H3,(H,24,26). The summed E-state index contributed by atoms with van der Waals surface area (Å²) in [5.41, 5.74) is 2.63. The lowest BCUT2D eigenvalue weighted by molar-refractivity contribution is -0.147. The molecule has 0 aliphatic heterocycles. The smallest absolute Gasteiger partial charge is 0.308 e. The molecule has 1 N–H and O–H groups in total. The lowest BCUT2D eigenvalue weighted by Gasteiger charge is -2.11. The fourth-order valence-electron chi connectivity index (χ4n) is 3.67. The van der Waals surface area contributed by atoms with E-state index in [2.05, 4.69) is 10.3 Å². The summed E-state index contributed by atoms with van der Waals surface area (Å²) in [5.74, 6) is -0.933. The number of fused-ring (bicyclic) bond motifs is 3. The van der Waals surface area contributed by atoms with Crippen molar-refractivity contribution in [3.05, 3.63) is 57.0 Å². The second-order valence-corrected chi connectivity index (χ2v) is 8.49. The maximum absolute atomic E-state index is 12.9. The van der Waals surface area contributed by atoms with Crippen molar-refractivity contribution in [2.45, 2.75) is 45.6 Å². The molecule has 2 heterocycles. The fraction of sp³-hybridized carbons (Fsp3) is 0.364. The number of amides is 1. The number of carbonyl (C=O) groups excluding carboxylic acids is 2. The number of carbonyl (C=O) groups is 2. The molecule has 0 fully saturated rings. The van der Waals surface area contributed by atoms with Crippen molar-refractivity contribution in [2.24, 2.45) is 0 Å². The molecule has 0 radical (unpaired) electrons. The summed E-state index contributed by atoms with van der Waals surface area (Å²) >= 11 is 1.60. The van der Waals surface area contributed by atoms with Gasteiger partial charge in [0.1, 0.15) is 4.83 Å². The number of nitrogens with zero attached hydrogens (tertiary/aromatic N) is 2. The molecule has 30 heavy (non-hydrogen) atoms. The van der Waals surface area contributed by atoms with E-state index in [0.29, 0.717) is 11.1 Å². The third kappa shape index (κ3) is 4.28. The van der Waals surface area contributed by atoms with E-state index < -0.39 is 11.9 Å².